The normalized spacial score (nSPS) is 10.9. The van der Waals surface area contributed by atoms with Crippen molar-refractivity contribution in [3.63, 3.8) is 0 Å². The molecule has 0 aliphatic carbocycles. The molecule has 0 amide bonds. The summed E-state index contributed by atoms with van der Waals surface area (Å²) >= 11 is 0. The van der Waals surface area contributed by atoms with Crippen LogP contribution in [-0.4, -0.2) is 16.8 Å². The highest BCUT2D eigenvalue weighted by atomic mass is 15.3. The fourth-order valence-electron chi connectivity index (χ4n) is 0.955. The molecule has 0 radical (unpaired) electrons. The van der Waals surface area contributed by atoms with E-state index in [1.54, 1.807) is 0 Å². The van der Waals surface area contributed by atoms with Gasteiger partial charge in [-0.15, -0.1) is 0 Å². The van der Waals surface area contributed by atoms with Gasteiger partial charge >= 0.3 is 0 Å². The molecule has 1 rings (SSSR count). The van der Waals surface area contributed by atoms with Crippen LogP contribution < -0.4 is 5.32 Å². The van der Waals surface area contributed by atoms with Gasteiger partial charge in [0.1, 0.15) is 0 Å². The van der Waals surface area contributed by atoms with Crippen LogP contribution >= 0.6 is 0 Å². The molecule has 1 aromatic rings. The lowest BCUT2D eigenvalue weighted by atomic mass is 10.3. The molecule has 1 heterocycles. The van der Waals surface area contributed by atoms with E-state index in [1.807, 2.05) is 17.9 Å². The van der Waals surface area contributed by atoms with Crippen LogP contribution in [0.15, 0.2) is 12.4 Å². The Morgan fingerprint density at radius 3 is 2.82 bits per heavy atom. The van der Waals surface area contributed by atoms with Crippen LogP contribution in [-0.2, 0) is 6.54 Å². The maximum Gasteiger partial charge on any atom is 0.0534 e. The van der Waals surface area contributed by atoms with Crippen LogP contribution in [0, 0.1) is 0 Å². The SMILES string of the molecule is CNCc1cnn(C(C)C)c1. The molecule has 0 saturated heterocycles. The topological polar surface area (TPSA) is 29.9 Å². The molecule has 1 N–H and O–H groups in total. The molecular weight excluding hydrogens is 138 g/mol. The Morgan fingerprint density at radius 1 is 1.64 bits per heavy atom. The molecule has 0 unspecified atom stereocenters. The van der Waals surface area contributed by atoms with Crippen LogP contribution in [0.1, 0.15) is 25.5 Å². The monoisotopic (exact) mass is 153 g/mol. The second kappa shape index (κ2) is 3.53. The zero-order valence-corrected chi connectivity index (χ0v) is 7.33. The van der Waals surface area contributed by atoms with Gasteiger partial charge < -0.3 is 5.32 Å². The lowest BCUT2D eigenvalue weighted by Gasteiger charge is -2.02. The van der Waals surface area contributed by atoms with Crippen molar-refractivity contribution < 1.29 is 0 Å². The van der Waals surface area contributed by atoms with Crippen molar-refractivity contribution in [1.82, 2.24) is 15.1 Å². The van der Waals surface area contributed by atoms with E-state index in [9.17, 15) is 0 Å². The summed E-state index contributed by atoms with van der Waals surface area (Å²) < 4.78 is 1.96. The number of hydrogen-bond donors (Lipinski definition) is 1. The van der Waals surface area contributed by atoms with Crippen molar-refractivity contribution in [2.45, 2.75) is 26.4 Å². The minimum atomic E-state index is 0.459. The molecule has 0 bridgehead atoms. The van der Waals surface area contributed by atoms with E-state index in [1.165, 1.54) is 5.56 Å². The first-order chi connectivity index (χ1) is 5.24. The zero-order chi connectivity index (χ0) is 8.27. The smallest absolute Gasteiger partial charge is 0.0534 e. The Hall–Kier alpha value is -0.830. The summed E-state index contributed by atoms with van der Waals surface area (Å²) in [4.78, 5) is 0. The van der Waals surface area contributed by atoms with Crippen LogP contribution in [0.3, 0.4) is 0 Å². The van der Waals surface area contributed by atoms with Gasteiger partial charge in [-0.3, -0.25) is 4.68 Å². The van der Waals surface area contributed by atoms with Gasteiger partial charge in [-0.05, 0) is 20.9 Å². The average molecular weight is 153 g/mol. The van der Waals surface area contributed by atoms with Gasteiger partial charge in [-0.1, -0.05) is 0 Å². The minimum Gasteiger partial charge on any atom is -0.316 e. The summed E-state index contributed by atoms with van der Waals surface area (Å²) in [5.41, 5.74) is 1.24. The predicted molar refractivity (Wildman–Crippen MR) is 45.4 cm³/mol. The molecule has 3 nitrogen and oxygen atoms in total. The zero-order valence-electron chi connectivity index (χ0n) is 7.33. The molecule has 0 aromatic carbocycles. The number of rotatable bonds is 3. The molecule has 0 fully saturated rings. The number of nitrogens with one attached hydrogen (secondary N) is 1. The third kappa shape index (κ3) is 2.05. The Morgan fingerprint density at radius 2 is 2.36 bits per heavy atom. The van der Waals surface area contributed by atoms with E-state index in [0.717, 1.165) is 6.54 Å². The predicted octanol–water partition coefficient (Wildman–Crippen LogP) is 1.18. The fraction of sp³-hybridized carbons (Fsp3) is 0.625. The Kier molecular flexibility index (Phi) is 2.65. The van der Waals surface area contributed by atoms with Crippen LogP contribution in [0.2, 0.25) is 0 Å². The van der Waals surface area contributed by atoms with Crippen molar-refractivity contribution in [3.05, 3.63) is 18.0 Å². The third-order valence-corrected chi connectivity index (χ3v) is 1.56. The molecule has 0 saturated carbocycles. The second-order valence-corrected chi connectivity index (χ2v) is 2.95. The van der Waals surface area contributed by atoms with E-state index < -0.39 is 0 Å². The summed E-state index contributed by atoms with van der Waals surface area (Å²) in [6, 6.07) is 0.459. The Bertz CT molecular complexity index is 215. The molecule has 62 valence electrons. The first kappa shape index (κ1) is 8.27. The van der Waals surface area contributed by atoms with Crippen molar-refractivity contribution in [1.29, 1.82) is 0 Å². The third-order valence-electron chi connectivity index (χ3n) is 1.56. The van der Waals surface area contributed by atoms with E-state index in [0.29, 0.717) is 6.04 Å². The van der Waals surface area contributed by atoms with Crippen molar-refractivity contribution >= 4 is 0 Å². The van der Waals surface area contributed by atoms with E-state index in [2.05, 4.69) is 30.5 Å². The van der Waals surface area contributed by atoms with Crippen molar-refractivity contribution in [2.24, 2.45) is 0 Å². The summed E-state index contributed by atoms with van der Waals surface area (Å²) in [5.74, 6) is 0. The Labute approximate surface area is 67.4 Å². The maximum atomic E-state index is 4.21. The van der Waals surface area contributed by atoms with Gasteiger partial charge in [0.25, 0.3) is 0 Å². The quantitative estimate of drug-likeness (QED) is 0.706. The molecule has 0 aliphatic rings. The summed E-state index contributed by atoms with van der Waals surface area (Å²) in [6.07, 6.45) is 3.97. The molecule has 0 aliphatic heterocycles. The van der Waals surface area contributed by atoms with E-state index >= 15 is 0 Å². The Balaban J connectivity index is 2.66. The standard InChI is InChI=1S/C8H15N3/c1-7(2)11-6-8(4-9-3)5-10-11/h5-7,9H,4H2,1-3H3. The molecule has 1 aromatic heterocycles. The van der Waals surface area contributed by atoms with E-state index in [4.69, 9.17) is 0 Å². The fourth-order valence-corrected chi connectivity index (χ4v) is 0.955. The number of hydrogen-bond acceptors (Lipinski definition) is 2. The summed E-state index contributed by atoms with van der Waals surface area (Å²) in [7, 11) is 1.94. The van der Waals surface area contributed by atoms with Gasteiger partial charge in [0.05, 0.1) is 6.20 Å². The summed E-state index contributed by atoms with van der Waals surface area (Å²) in [6.45, 7) is 5.14. The minimum absolute atomic E-state index is 0.459. The van der Waals surface area contributed by atoms with Gasteiger partial charge in [-0.25, -0.2) is 0 Å². The summed E-state index contributed by atoms with van der Waals surface area (Å²) in [5, 5.41) is 7.29. The molecule has 11 heavy (non-hydrogen) atoms. The van der Waals surface area contributed by atoms with Gasteiger partial charge in [0.15, 0.2) is 0 Å². The van der Waals surface area contributed by atoms with Gasteiger partial charge in [0.2, 0.25) is 0 Å². The van der Waals surface area contributed by atoms with Gasteiger partial charge in [0, 0.05) is 24.3 Å². The first-order valence-electron chi connectivity index (χ1n) is 3.91. The second-order valence-electron chi connectivity index (χ2n) is 2.95. The first-order valence-corrected chi connectivity index (χ1v) is 3.91. The van der Waals surface area contributed by atoms with E-state index in [-0.39, 0.29) is 0 Å². The van der Waals surface area contributed by atoms with Crippen LogP contribution in [0.25, 0.3) is 0 Å². The van der Waals surface area contributed by atoms with Crippen LogP contribution in [0.5, 0.6) is 0 Å². The highest BCUT2D eigenvalue weighted by molar-refractivity contribution is 5.03. The van der Waals surface area contributed by atoms with Crippen LogP contribution in [0.4, 0.5) is 0 Å². The lowest BCUT2D eigenvalue weighted by molar-refractivity contribution is 0.532. The number of nitrogens with zero attached hydrogens (tertiary/aromatic N) is 2. The van der Waals surface area contributed by atoms with Crippen molar-refractivity contribution in [3.8, 4) is 0 Å². The highest BCUT2D eigenvalue weighted by Gasteiger charge is 1.99. The largest absolute Gasteiger partial charge is 0.316 e. The maximum absolute atomic E-state index is 4.21. The number of aromatic nitrogens is 2. The van der Waals surface area contributed by atoms with Gasteiger partial charge in [-0.2, -0.15) is 5.10 Å². The lowest BCUT2D eigenvalue weighted by Crippen LogP contribution is -2.04. The molecule has 3 heteroatoms. The molecule has 0 atom stereocenters. The molecular formula is C8H15N3. The average Bonchev–Trinajstić information content (AvgIpc) is 2.37. The highest BCUT2D eigenvalue weighted by Crippen LogP contribution is 2.04. The van der Waals surface area contributed by atoms with Crippen molar-refractivity contribution in [2.75, 3.05) is 7.05 Å². The molecule has 0 spiro atoms.